The van der Waals surface area contributed by atoms with Gasteiger partial charge in [-0.05, 0) is 37.5 Å². The van der Waals surface area contributed by atoms with Crippen molar-refractivity contribution in [3.63, 3.8) is 0 Å². The van der Waals surface area contributed by atoms with E-state index in [1.807, 2.05) is 13.0 Å². The van der Waals surface area contributed by atoms with Gasteiger partial charge in [-0.1, -0.05) is 60.0 Å². The summed E-state index contributed by atoms with van der Waals surface area (Å²) in [6, 6.07) is 10.5. The van der Waals surface area contributed by atoms with Gasteiger partial charge in [0.05, 0.1) is 11.7 Å². The molecule has 106 valence electrons. The minimum atomic E-state index is 0.203. The molecule has 4 heteroatoms. The predicted molar refractivity (Wildman–Crippen MR) is 86.8 cm³/mol. The first-order chi connectivity index (χ1) is 9.51. The first kappa shape index (κ1) is 15.1. The first-order valence-corrected chi connectivity index (χ1v) is 7.42. The lowest BCUT2D eigenvalue weighted by atomic mass is 10.0. The highest BCUT2D eigenvalue weighted by Gasteiger charge is 2.14. The number of aromatic nitrogens is 1. The highest BCUT2D eigenvalue weighted by atomic mass is 35.5. The Morgan fingerprint density at radius 1 is 1.15 bits per heavy atom. The van der Waals surface area contributed by atoms with E-state index in [0.29, 0.717) is 10.3 Å². The van der Waals surface area contributed by atoms with Crippen LogP contribution in [0.15, 0.2) is 30.3 Å². The van der Waals surface area contributed by atoms with Crippen molar-refractivity contribution in [2.75, 3.05) is 5.32 Å². The SMILES string of the molecule is CCC(Nc1c(C)cc(Cl)nc1Cl)c1ccc(C)cc1. The van der Waals surface area contributed by atoms with Crippen LogP contribution in [0.4, 0.5) is 5.69 Å². The van der Waals surface area contributed by atoms with Crippen LogP contribution in [0, 0.1) is 13.8 Å². The van der Waals surface area contributed by atoms with Gasteiger partial charge in [-0.2, -0.15) is 0 Å². The lowest BCUT2D eigenvalue weighted by molar-refractivity contribution is 0.747. The van der Waals surface area contributed by atoms with E-state index in [-0.39, 0.29) is 6.04 Å². The highest BCUT2D eigenvalue weighted by molar-refractivity contribution is 6.34. The molecule has 0 aliphatic rings. The Kier molecular flexibility index (Phi) is 4.90. The number of rotatable bonds is 4. The molecule has 1 heterocycles. The summed E-state index contributed by atoms with van der Waals surface area (Å²) in [7, 11) is 0. The summed E-state index contributed by atoms with van der Waals surface area (Å²) in [4.78, 5) is 4.10. The van der Waals surface area contributed by atoms with E-state index in [2.05, 4.69) is 48.4 Å². The molecule has 1 atom stereocenters. The monoisotopic (exact) mass is 308 g/mol. The highest BCUT2D eigenvalue weighted by Crippen LogP contribution is 2.31. The number of hydrogen-bond donors (Lipinski definition) is 1. The molecule has 0 spiro atoms. The number of nitrogens with one attached hydrogen (secondary N) is 1. The van der Waals surface area contributed by atoms with E-state index < -0.39 is 0 Å². The summed E-state index contributed by atoms with van der Waals surface area (Å²) in [5.74, 6) is 0. The van der Waals surface area contributed by atoms with E-state index >= 15 is 0 Å². The molecule has 1 N–H and O–H groups in total. The Hall–Kier alpha value is -1.25. The molecule has 0 aliphatic carbocycles. The molecule has 0 bridgehead atoms. The molecule has 20 heavy (non-hydrogen) atoms. The fraction of sp³-hybridized carbons (Fsp3) is 0.312. The summed E-state index contributed by atoms with van der Waals surface area (Å²) in [5.41, 5.74) is 4.35. The van der Waals surface area contributed by atoms with Gasteiger partial charge in [0.2, 0.25) is 0 Å². The van der Waals surface area contributed by atoms with Crippen molar-refractivity contribution in [3.05, 3.63) is 57.3 Å². The molecule has 2 aromatic rings. The second-order valence-electron chi connectivity index (χ2n) is 4.94. The first-order valence-electron chi connectivity index (χ1n) is 6.67. The largest absolute Gasteiger partial charge is 0.376 e. The van der Waals surface area contributed by atoms with E-state index in [1.54, 1.807) is 0 Å². The van der Waals surface area contributed by atoms with E-state index in [0.717, 1.165) is 17.7 Å². The topological polar surface area (TPSA) is 24.9 Å². The Morgan fingerprint density at radius 3 is 2.35 bits per heavy atom. The molecule has 0 aliphatic heterocycles. The zero-order valence-corrected chi connectivity index (χ0v) is 13.4. The van der Waals surface area contributed by atoms with Crippen molar-refractivity contribution in [2.24, 2.45) is 0 Å². The molecule has 2 nitrogen and oxygen atoms in total. The molecule has 0 amide bonds. The van der Waals surface area contributed by atoms with Crippen LogP contribution in [-0.2, 0) is 0 Å². The smallest absolute Gasteiger partial charge is 0.154 e. The van der Waals surface area contributed by atoms with Gasteiger partial charge in [-0.3, -0.25) is 0 Å². The van der Waals surface area contributed by atoms with Gasteiger partial charge in [0.25, 0.3) is 0 Å². The van der Waals surface area contributed by atoms with Crippen molar-refractivity contribution in [2.45, 2.75) is 33.2 Å². The van der Waals surface area contributed by atoms with Gasteiger partial charge in [0.15, 0.2) is 5.15 Å². The van der Waals surface area contributed by atoms with Crippen LogP contribution >= 0.6 is 23.2 Å². The Labute approximate surface area is 130 Å². The maximum Gasteiger partial charge on any atom is 0.154 e. The normalized spacial score (nSPS) is 12.2. The summed E-state index contributed by atoms with van der Waals surface area (Å²) < 4.78 is 0. The quantitative estimate of drug-likeness (QED) is 0.747. The van der Waals surface area contributed by atoms with Gasteiger partial charge >= 0.3 is 0 Å². The van der Waals surface area contributed by atoms with Gasteiger partial charge in [-0.15, -0.1) is 0 Å². The zero-order valence-electron chi connectivity index (χ0n) is 11.9. The second-order valence-corrected chi connectivity index (χ2v) is 5.69. The van der Waals surface area contributed by atoms with E-state index in [1.165, 1.54) is 11.1 Å². The molecule has 0 saturated heterocycles. The molecule has 0 fully saturated rings. The molecule has 1 aromatic heterocycles. The van der Waals surface area contributed by atoms with Crippen LogP contribution in [-0.4, -0.2) is 4.98 Å². The second kappa shape index (κ2) is 6.47. The Bertz CT molecular complexity index is 571. The number of benzene rings is 1. The summed E-state index contributed by atoms with van der Waals surface area (Å²) in [6.07, 6.45) is 0.960. The lowest BCUT2D eigenvalue weighted by Crippen LogP contribution is -2.11. The average Bonchev–Trinajstić information content (AvgIpc) is 2.39. The third-order valence-electron chi connectivity index (χ3n) is 3.35. The van der Waals surface area contributed by atoms with Gasteiger partial charge < -0.3 is 5.32 Å². The summed E-state index contributed by atoms with van der Waals surface area (Å²) in [6.45, 7) is 6.20. The Balaban J connectivity index is 2.29. The number of anilines is 1. The minimum Gasteiger partial charge on any atom is -0.376 e. The molecule has 0 saturated carbocycles. The molecule has 1 aromatic carbocycles. The molecule has 0 radical (unpaired) electrons. The van der Waals surface area contributed by atoms with Crippen LogP contribution in [0.1, 0.15) is 36.1 Å². The van der Waals surface area contributed by atoms with Crippen LogP contribution in [0.2, 0.25) is 10.3 Å². The number of pyridine rings is 1. The Morgan fingerprint density at radius 2 is 1.80 bits per heavy atom. The minimum absolute atomic E-state index is 0.203. The lowest BCUT2D eigenvalue weighted by Gasteiger charge is -2.21. The maximum absolute atomic E-state index is 6.19. The van der Waals surface area contributed by atoms with Crippen molar-refractivity contribution in [3.8, 4) is 0 Å². The average molecular weight is 309 g/mol. The van der Waals surface area contributed by atoms with Gasteiger partial charge in [0, 0.05) is 0 Å². The summed E-state index contributed by atoms with van der Waals surface area (Å²) >= 11 is 12.1. The number of hydrogen-bond acceptors (Lipinski definition) is 2. The number of halogens is 2. The standard InChI is InChI=1S/C16H18Cl2N2/c1-4-13(12-7-5-10(2)6-8-12)19-15-11(3)9-14(17)20-16(15)18/h5-9,13,19H,4H2,1-3H3. The molecule has 2 rings (SSSR count). The van der Waals surface area contributed by atoms with E-state index in [9.17, 15) is 0 Å². The zero-order chi connectivity index (χ0) is 14.7. The maximum atomic E-state index is 6.19. The number of nitrogens with zero attached hydrogens (tertiary/aromatic N) is 1. The fourth-order valence-electron chi connectivity index (χ4n) is 2.16. The van der Waals surface area contributed by atoms with Crippen molar-refractivity contribution in [1.29, 1.82) is 0 Å². The third kappa shape index (κ3) is 3.44. The molecular weight excluding hydrogens is 291 g/mol. The molecule has 1 unspecified atom stereocenters. The van der Waals surface area contributed by atoms with Crippen LogP contribution in [0.25, 0.3) is 0 Å². The molecular formula is C16H18Cl2N2. The van der Waals surface area contributed by atoms with Gasteiger partial charge in [-0.25, -0.2) is 4.98 Å². The predicted octanol–water partition coefficient (Wildman–Crippen LogP) is 5.57. The van der Waals surface area contributed by atoms with Crippen molar-refractivity contribution < 1.29 is 0 Å². The van der Waals surface area contributed by atoms with E-state index in [4.69, 9.17) is 23.2 Å². The van der Waals surface area contributed by atoms with Crippen LogP contribution in [0.5, 0.6) is 0 Å². The number of aryl methyl sites for hydroxylation is 2. The van der Waals surface area contributed by atoms with Crippen LogP contribution < -0.4 is 5.32 Å². The fourth-order valence-corrected chi connectivity index (χ4v) is 2.75. The summed E-state index contributed by atoms with van der Waals surface area (Å²) in [5, 5.41) is 4.31. The third-order valence-corrected chi connectivity index (χ3v) is 3.81. The van der Waals surface area contributed by atoms with Gasteiger partial charge in [0.1, 0.15) is 5.15 Å². The van der Waals surface area contributed by atoms with Crippen LogP contribution in [0.3, 0.4) is 0 Å². The van der Waals surface area contributed by atoms with Crippen molar-refractivity contribution in [1.82, 2.24) is 4.98 Å². The van der Waals surface area contributed by atoms with Crippen molar-refractivity contribution >= 4 is 28.9 Å².